The maximum Gasteiger partial charge on any atom is 0.291 e. The minimum absolute atomic E-state index is 0.159. The van der Waals surface area contributed by atoms with E-state index in [1.54, 1.807) is 16.5 Å². The lowest BCUT2D eigenvalue weighted by Crippen LogP contribution is -2.34. The SMILES string of the molecule is CC(C)OCCCNC(=O)Cn1ncn2c(cc3cc(F)ccc32)c1=O. The number of nitrogens with one attached hydrogen (secondary N) is 1. The Morgan fingerprint density at radius 3 is 2.88 bits per heavy atom. The predicted molar refractivity (Wildman–Crippen MR) is 95.6 cm³/mol. The number of ether oxygens (including phenoxy) is 1. The summed E-state index contributed by atoms with van der Waals surface area (Å²) < 4.78 is 21.5. The number of amides is 1. The van der Waals surface area contributed by atoms with Crippen LogP contribution in [0.15, 0.2) is 35.4 Å². The van der Waals surface area contributed by atoms with Gasteiger partial charge in [-0.05, 0) is 44.5 Å². The van der Waals surface area contributed by atoms with E-state index in [0.29, 0.717) is 36.0 Å². The van der Waals surface area contributed by atoms with Crippen LogP contribution >= 0.6 is 0 Å². The van der Waals surface area contributed by atoms with E-state index in [1.165, 1.54) is 18.5 Å². The van der Waals surface area contributed by atoms with Crippen LogP contribution < -0.4 is 10.9 Å². The molecule has 0 fully saturated rings. The molecule has 1 aromatic carbocycles. The van der Waals surface area contributed by atoms with Gasteiger partial charge < -0.3 is 10.1 Å². The Bertz CT molecular complexity index is 993. The molecule has 2 aromatic heterocycles. The van der Waals surface area contributed by atoms with Gasteiger partial charge in [0.05, 0.1) is 11.6 Å². The lowest BCUT2D eigenvalue weighted by Gasteiger charge is -2.09. The molecule has 0 spiro atoms. The largest absolute Gasteiger partial charge is 0.379 e. The first-order valence-corrected chi connectivity index (χ1v) is 8.50. The molecule has 0 unspecified atom stereocenters. The topological polar surface area (TPSA) is 77.6 Å². The van der Waals surface area contributed by atoms with Crippen molar-refractivity contribution in [2.24, 2.45) is 0 Å². The Hall–Kier alpha value is -2.74. The van der Waals surface area contributed by atoms with E-state index in [1.807, 2.05) is 13.8 Å². The Balaban J connectivity index is 1.70. The predicted octanol–water partition coefficient (Wildman–Crippen LogP) is 1.72. The molecule has 1 N–H and O–H groups in total. The van der Waals surface area contributed by atoms with Gasteiger partial charge in [0, 0.05) is 18.5 Å². The maximum atomic E-state index is 13.4. The van der Waals surface area contributed by atoms with E-state index in [-0.39, 0.29) is 24.4 Å². The quantitative estimate of drug-likeness (QED) is 0.651. The van der Waals surface area contributed by atoms with E-state index in [9.17, 15) is 14.0 Å². The lowest BCUT2D eigenvalue weighted by atomic mass is 10.2. The lowest BCUT2D eigenvalue weighted by molar-refractivity contribution is -0.121. The van der Waals surface area contributed by atoms with Crippen LogP contribution in [0.1, 0.15) is 20.3 Å². The fourth-order valence-corrected chi connectivity index (χ4v) is 2.72. The van der Waals surface area contributed by atoms with Crippen LogP contribution in [-0.4, -0.2) is 39.3 Å². The molecular formula is C18H21FN4O3. The highest BCUT2D eigenvalue weighted by Crippen LogP contribution is 2.18. The molecule has 0 aliphatic heterocycles. The van der Waals surface area contributed by atoms with Crippen molar-refractivity contribution >= 4 is 22.3 Å². The summed E-state index contributed by atoms with van der Waals surface area (Å²) >= 11 is 0. The molecule has 0 saturated carbocycles. The number of carbonyl (C=O) groups is 1. The molecule has 138 valence electrons. The molecule has 0 radical (unpaired) electrons. The maximum absolute atomic E-state index is 13.4. The zero-order valence-corrected chi connectivity index (χ0v) is 14.7. The van der Waals surface area contributed by atoms with Gasteiger partial charge in [0.15, 0.2) is 0 Å². The van der Waals surface area contributed by atoms with Crippen molar-refractivity contribution in [1.29, 1.82) is 0 Å². The average Bonchev–Trinajstić information content (AvgIpc) is 2.95. The molecule has 8 heteroatoms. The molecule has 3 rings (SSSR count). The third-order valence-electron chi connectivity index (χ3n) is 3.95. The van der Waals surface area contributed by atoms with Crippen LogP contribution in [0.25, 0.3) is 16.4 Å². The number of carbonyl (C=O) groups excluding carboxylic acids is 1. The standard InChI is InChI=1S/C18H21FN4O3/c1-12(2)26-7-3-6-20-17(24)10-23-18(25)16-9-13-8-14(19)4-5-15(13)22(16)11-21-23/h4-5,8-9,11-12H,3,6-7,10H2,1-2H3,(H,20,24). The molecular weight excluding hydrogens is 339 g/mol. The number of nitrogens with zero attached hydrogens (tertiary/aromatic N) is 3. The molecule has 0 saturated heterocycles. The molecule has 0 aliphatic carbocycles. The average molecular weight is 360 g/mol. The van der Waals surface area contributed by atoms with Crippen LogP contribution in [0.2, 0.25) is 0 Å². The van der Waals surface area contributed by atoms with Gasteiger partial charge >= 0.3 is 0 Å². The number of benzene rings is 1. The first kappa shape index (κ1) is 18.1. The van der Waals surface area contributed by atoms with Gasteiger partial charge in [-0.15, -0.1) is 0 Å². The summed E-state index contributed by atoms with van der Waals surface area (Å²) in [6.45, 7) is 4.76. The second-order valence-electron chi connectivity index (χ2n) is 6.32. The van der Waals surface area contributed by atoms with Crippen LogP contribution in [0.3, 0.4) is 0 Å². The third-order valence-corrected chi connectivity index (χ3v) is 3.95. The first-order valence-electron chi connectivity index (χ1n) is 8.50. The van der Waals surface area contributed by atoms with Gasteiger partial charge in [0.25, 0.3) is 5.56 Å². The summed E-state index contributed by atoms with van der Waals surface area (Å²) in [6, 6.07) is 5.88. The molecule has 2 heterocycles. The van der Waals surface area contributed by atoms with Gasteiger partial charge in [-0.3, -0.25) is 14.0 Å². The van der Waals surface area contributed by atoms with Crippen LogP contribution in [0.4, 0.5) is 4.39 Å². The molecule has 0 aliphatic rings. The van der Waals surface area contributed by atoms with E-state index in [0.717, 1.165) is 4.68 Å². The van der Waals surface area contributed by atoms with Crippen molar-refractivity contribution < 1.29 is 13.9 Å². The van der Waals surface area contributed by atoms with Gasteiger partial charge in [-0.25, -0.2) is 9.07 Å². The smallest absolute Gasteiger partial charge is 0.291 e. The van der Waals surface area contributed by atoms with Crippen LogP contribution in [0, 0.1) is 5.82 Å². The first-order chi connectivity index (χ1) is 12.5. The fraction of sp³-hybridized carbons (Fsp3) is 0.389. The summed E-state index contributed by atoms with van der Waals surface area (Å²) in [4.78, 5) is 24.6. The van der Waals surface area contributed by atoms with E-state index >= 15 is 0 Å². The number of aromatic nitrogens is 3. The Morgan fingerprint density at radius 1 is 1.31 bits per heavy atom. The molecule has 1 amide bonds. The summed E-state index contributed by atoms with van der Waals surface area (Å²) in [7, 11) is 0. The summed E-state index contributed by atoms with van der Waals surface area (Å²) in [5.41, 5.74) is 0.633. The number of hydrogen-bond donors (Lipinski definition) is 1. The third kappa shape index (κ3) is 3.91. The minimum Gasteiger partial charge on any atom is -0.379 e. The number of hydrogen-bond acceptors (Lipinski definition) is 4. The highest BCUT2D eigenvalue weighted by Gasteiger charge is 2.11. The number of rotatable bonds is 7. The fourth-order valence-electron chi connectivity index (χ4n) is 2.72. The molecule has 26 heavy (non-hydrogen) atoms. The van der Waals surface area contributed by atoms with E-state index in [4.69, 9.17) is 4.74 Å². The molecule has 3 aromatic rings. The van der Waals surface area contributed by atoms with Crippen molar-refractivity contribution in [3.8, 4) is 0 Å². The second kappa shape index (κ2) is 7.65. The molecule has 0 bridgehead atoms. The molecule has 0 atom stereocenters. The van der Waals surface area contributed by atoms with Gasteiger partial charge in [-0.2, -0.15) is 5.10 Å². The number of halogens is 1. The van der Waals surface area contributed by atoms with Crippen molar-refractivity contribution in [2.45, 2.75) is 32.9 Å². The van der Waals surface area contributed by atoms with Crippen molar-refractivity contribution in [3.05, 3.63) is 46.8 Å². The summed E-state index contributed by atoms with van der Waals surface area (Å²) in [6.07, 6.45) is 2.31. The zero-order chi connectivity index (χ0) is 18.7. The van der Waals surface area contributed by atoms with Gasteiger partial charge in [-0.1, -0.05) is 0 Å². The Morgan fingerprint density at radius 2 is 2.12 bits per heavy atom. The van der Waals surface area contributed by atoms with E-state index < -0.39 is 5.56 Å². The number of fused-ring (bicyclic) bond motifs is 3. The van der Waals surface area contributed by atoms with Gasteiger partial charge in [0.1, 0.15) is 24.2 Å². The van der Waals surface area contributed by atoms with Crippen LogP contribution in [-0.2, 0) is 16.1 Å². The summed E-state index contributed by atoms with van der Waals surface area (Å²) in [5.74, 6) is -0.668. The van der Waals surface area contributed by atoms with E-state index in [2.05, 4.69) is 10.4 Å². The van der Waals surface area contributed by atoms with Crippen molar-refractivity contribution in [1.82, 2.24) is 19.5 Å². The normalized spacial score (nSPS) is 11.5. The van der Waals surface area contributed by atoms with Crippen LogP contribution in [0.5, 0.6) is 0 Å². The van der Waals surface area contributed by atoms with Crippen molar-refractivity contribution in [2.75, 3.05) is 13.2 Å². The molecule has 7 nitrogen and oxygen atoms in total. The highest BCUT2D eigenvalue weighted by atomic mass is 19.1. The minimum atomic E-state index is -0.401. The Kier molecular flexibility index (Phi) is 5.32. The van der Waals surface area contributed by atoms with Gasteiger partial charge in [0.2, 0.25) is 5.91 Å². The highest BCUT2D eigenvalue weighted by molar-refractivity contribution is 5.86. The second-order valence-corrected chi connectivity index (χ2v) is 6.32. The monoisotopic (exact) mass is 360 g/mol. The zero-order valence-electron chi connectivity index (χ0n) is 14.7. The Labute approximate surface area is 149 Å². The van der Waals surface area contributed by atoms with Crippen molar-refractivity contribution in [3.63, 3.8) is 0 Å². The summed E-state index contributed by atoms with van der Waals surface area (Å²) in [5, 5.41) is 7.39.